The highest BCUT2D eigenvalue weighted by atomic mass is 16.3. The maximum absolute atomic E-state index is 9.81. The van der Waals surface area contributed by atoms with Gasteiger partial charge in [-0.2, -0.15) is 5.26 Å². The van der Waals surface area contributed by atoms with E-state index in [1.807, 2.05) is 6.07 Å². The number of nitriles is 1. The molecule has 3 nitrogen and oxygen atoms in total. The zero-order valence-electron chi connectivity index (χ0n) is 12.3. The third kappa shape index (κ3) is 1.91. The standard InChI is InChI=1S/C17H22N2O/c1-12-16-10-13-4-5-14(20)11-15(13)17(12,2)6-9-19(16)8-3-7-18/h4-5,11-12,16,20H,3,6,8-10H2,1-2H3/t12?,16?,17-/m0/s1. The molecule has 1 fully saturated rings. The fourth-order valence-corrected chi connectivity index (χ4v) is 4.17. The van der Waals surface area contributed by atoms with E-state index in [2.05, 4.69) is 30.9 Å². The van der Waals surface area contributed by atoms with Gasteiger partial charge in [0.25, 0.3) is 0 Å². The third-order valence-corrected chi connectivity index (χ3v) is 5.62. The second kappa shape index (κ2) is 4.79. The zero-order valence-corrected chi connectivity index (χ0v) is 12.3. The number of likely N-dealkylation sites (tertiary alicyclic amines) is 1. The van der Waals surface area contributed by atoms with Gasteiger partial charge in [-0.3, -0.25) is 4.90 Å². The quantitative estimate of drug-likeness (QED) is 0.899. The van der Waals surface area contributed by atoms with Gasteiger partial charge in [0.1, 0.15) is 5.75 Å². The Bertz CT molecular complexity index is 563. The van der Waals surface area contributed by atoms with Crippen LogP contribution in [0.5, 0.6) is 5.75 Å². The van der Waals surface area contributed by atoms with E-state index in [0.717, 1.165) is 25.9 Å². The second-order valence-electron chi connectivity index (χ2n) is 6.51. The summed E-state index contributed by atoms with van der Waals surface area (Å²) in [5.74, 6) is 0.937. The molecule has 3 atom stereocenters. The van der Waals surface area contributed by atoms with E-state index in [-0.39, 0.29) is 5.41 Å². The summed E-state index contributed by atoms with van der Waals surface area (Å²) < 4.78 is 0. The van der Waals surface area contributed by atoms with Gasteiger partial charge in [-0.05, 0) is 54.0 Å². The largest absolute Gasteiger partial charge is 0.508 e. The average molecular weight is 270 g/mol. The average Bonchev–Trinajstić information content (AvgIpc) is 2.43. The number of benzene rings is 1. The number of hydrogen-bond donors (Lipinski definition) is 1. The van der Waals surface area contributed by atoms with Crippen molar-refractivity contribution in [3.63, 3.8) is 0 Å². The molecule has 1 N–H and O–H groups in total. The summed E-state index contributed by atoms with van der Waals surface area (Å²) in [4.78, 5) is 2.49. The van der Waals surface area contributed by atoms with Crippen LogP contribution >= 0.6 is 0 Å². The molecule has 1 aliphatic carbocycles. The molecule has 1 aromatic carbocycles. The Morgan fingerprint density at radius 1 is 1.50 bits per heavy atom. The molecule has 0 aromatic heterocycles. The van der Waals surface area contributed by atoms with E-state index in [4.69, 9.17) is 5.26 Å². The summed E-state index contributed by atoms with van der Waals surface area (Å²) in [6.07, 6.45) is 2.76. The molecule has 3 heteroatoms. The van der Waals surface area contributed by atoms with Crippen molar-refractivity contribution in [1.29, 1.82) is 5.26 Å². The number of nitrogens with zero attached hydrogens (tertiary/aromatic N) is 2. The molecule has 1 saturated heterocycles. The van der Waals surface area contributed by atoms with Crippen LogP contribution in [0.3, 0.4) is 0 Å². The Labute approximate surface area is 120 Å². The number of rotatable bonds is 2. The van der Waals surface area contributed by atoms with Crippen molar-refractivity contribution >= 4 is 0 Å². The van der Waals surface area contributed by atoms with Crippen LogP contribution in [0.15, 0.2) is 18.2 Å². The summed E-state index contributed by atoms with van der Waals surface area (Å²) in [5, 5.41) is 18.6. The predicted octanol–water partition coefficient (Wildman–Crippen LogP) is 2.83. The normalized spacial score (nSPS) is 32.5. The van der Waals surface area contributed by atoms with Crippen LogP contribution in [0.25, 0.3) is 0 Å². The van der Waals surface area contributed by atoms with Crippen LogP contribution in [0.1, 0.15) is 37.8 Å². The molecule has 3 rings (SSSR count). The second-order valence-corrected chi connectivity index (χ2v) is 6.51. The molecule has 0 amide bonds. The van der Waals surface area contributed by atoms with Crippen molar-refractivity contribution < 1.29 is 5.11 Å². The molecule has 1 aliphatic heterocycles. The van der Waals surface area contributed by atoms with Gasteiger partial charge in [0, 0.05) is 19.0 Å². The smallest absolute Gasteiger partial charge is 0.115 e. The molecule has 2 unspecified atom stereocenters. The van der Waals surface area contributed by atoms with Crippen LogP contribution < -0.4 is 0 Å². The number of piperidine rings is 1. The summed E-state index contributed by atoms with van der Waals surface area (Å²) in [6.45, 7) is 6.61. The first-order chi connectivity index (χ1) is 9.56. The summed E-state index contributed by atoms with van der Waals surface area (Å²) in [7, 11) is 0. The van der Waals surface area contributed by atoms with Crippen molar-refractivity contribution in [2.45, 2.75) is 44.6 Å². The highest BCUT2D eigenvalue weighted by Crippen LogP contribution is 2.49. The van der Waals surface area contributed by atoms with E-state index < -0.39 is 0 Å². The van der Waals surface area contributed by atoms with Crippen molar-refractivity contribution in [2.24, 2.45) is 5.92 Å². The van der Waals surface area contributed by atoms with Crippen molar-refractivity contribution in [2.75, 3.05) is 13.1 Å². The summed E-state index contributed by atoms with van der Waals surface area (Å²) in [5.41, 5.74) is 2.86. The van der Waals surface area contributed by atoms with Gasteiger partial charge in [-0.15, -0.1) is 0 Å². The molecule has 0 spiro atoms. The number of hydrogen-bond acceptors (Lipinski definition) is 3. The third-order valence-electron chi connectivity index (χ3n) is 5.62. The highest BCUT2D eigenvalue weighted by Gasteiger charge is 2.48. The van der Waals surface area contributed by atoms with Crippen LogP contribution in [0.2, 0.25) is 0 Å². The Balaban J connectivity index is 1.98. The van der Waals surface area contributed by atoms with E-state index in [9.17, 15) is 5.11 Å². The Kier molecular flexibility index (Phi) is 3.22. The lowest BCUT2D eigenvalue weighted by molar-refractivity contribution is 0.0329. The van der Waals surface area contributed by atoms with Crippen molar-refractivity contribution in [3.05, 3.63) is 29.3 Å². The van der Waals surface area contributed by atoms with E-state index >= 15 is 0 Å². The molecule has 20 heavy (non-hydrogen) atoms. The number of aromatic hydroxyl groups is 1. The molecule has 0 saturated carbocycles. The predicted molar refractivity (Wildman–Crippen MR) is 78.5 cm³/mol. The maximum Gasteiger partial charge on any atom is 0.115 e. The molecule has 1 aromatic rings. The van der Waals surface area contributed by atoms with Gasteiger partial charge in [0.15, 0.2) is 0 Å². The van der Waals surface area contributed by atoms with Gasteiger partial charge in [0.2, 0.25) is 0 Å². The van der Waals surface area contributed by atoms with Crippen LogP contribution in [-0.2, 0) is 11.8 Å². The first-order valence-corrected chi connectivity index (χ1v) is 7.49. The molecule has 0 radical (unpaired) electrons. The fraction of sp³-hybridized carbons (Fsp3) is 0.588. The zero-order chi connectivity index (χ0) is 14.3. The fourth-order valence-electron chi connectivity index (χ4n) is 4.17. The number of phenols is 1. The van der Waals surface area contributed by atoms with Gasteiger partial charge in [0.05, 0.1) is 6.07 Å². The first kappa shape index (κ1) is 13.5. The molecular weight excluding hydrogens is 248 g/mol. The van der Waals surface area contributed by atoms with Crippen molar-refractivity contribution in [1.82, 2.24) is 4.90 Å². The van der Waals surface area contributed by atoms with Crippen LogP contribution in [0, 0.1) is 17.2 Å². The molecule has 2 aliphatic rings. The Morgan fingerprint density at radius 3 is 3.05 bits per heavy atom. The lowest BCUT2D eigenvalue weighted by Crippen LogP contribution is -2.58. The lowest BCUT2D eigenvalue weighted by atomic mass is 9.59. The molecule has 2 bridgehead atoms. The van der Waals surface area contributed by atoms with E-state index in [1.54, 1.807) is 6.07 Å². The highest BCUT2D eigenvalue weighted by molar-refractivity contribution is 5.44. The maximum atomic E-state index is 9.81. The van der Waals surface area contributed by atoms with Gasteiger partial charge in [-0.25, -0.2) is 0 Å². The minimum Gasteiger partial charge on any atom is -0.508 e. The molecular formula is C17H22N2O. The minimum absolute atomic E-state index is 0.153. The van der Waals surface area contributed by atoms with Gasteiger partial charge < -0.3 is 5.11 Å². The number of fused-ring (bicyclic) bond motifs is 4. The van der Waals surface area contributed by atoms with Crippen molar-refractivity contribution in [3.8, 4) is 11.8 Å². The molecule has 1 heterocycles. The number of phenolic OH excluding ortho intramolecular Hbond substituents is 1. The minimum atomic E-state index is 0.153. The first-order valence-electron chi connectivity index (χ1n) is 7.49. The van der Waals surface area contributed by atoms with E-state index in [0.29, 0.717) is 24.1 Å². The van der Waals surface area contributed by atoms with Crippen LogP contribution in [-0.4, -0.2) is 29.1 Å². The monoisotopic (exact) mass is 270 g/mol. The van der Waals surface area contributed by atoms with E-state index in [1.165, 1.54) is 11.1 Å². The summed E-state index contributed by atoms with van der Waals surface area (Å²) >= 11 is 0. The SMILES string of the molecule is CC1C2Cc3ccc(O)cc3[C@@]1(C)CCN2CCC#N. The Morgan fingerprint density at radius 2 is 2.30 bits per heavy atom. The summed E-state index contributed by atoms with van der Waals surface area (Å²) in [6, 6.07) is 8.64. The van der Waals surface area contributed by atoms with Gasteiger partial charge >= 0.3 is 0 Å². The van der Waals surface area contributed by atoms with Gasteiger partial charge in [-0.1, -0.05) is 19.9 Å². The lowest BCUT2D eigenvalue weighted by Gasteiger charge is -2.54. The van der Waals surface area contributed by atoms with Crippen LogP contribution in [0.4, 0.5) is 0 Å². The topological polar surface area (TPSA) is 47.3 Å². The molecule has 106 valence electrons. The Hall–Kier alpha value is -1.53.